The molecule has 0 saturated carbocycles. The predicted octanol–water partition coefficient (Wildman–Crippen LogP) is 3.29. The first-order valence-electron chi connectivity index (χ1n) is 10.5. The van der Waals surface area contributed by atoms with Crippen LogP contribution in [0.1, 0.15) is 18.4 Å². The number of para-hydroxylation sites is 2. The number of amides is 1. The van der Waals surface area contributed by atoms with Crippen LogP contribution in [0.2, 0.25) is 0 Å². The molecule has 0 radical (unpaired) electrons. The number of rotatable bonds is 4. The Morgan fingerprint density at radius 1 is 1.00 bits per heavy atom. The van der Waals surface area contributed by atoms with Gasteiger partial charge in [0, 0.05) is 43.7 Å². The molecule has 1 aliphatic heterocycles. The van der Waals surface area contributed by atoms with Crippen molar-refractivity contribution in [2.75, 3.05) is 26.4 Å². The van der Waals surface area contributed by atoms with E-state index in [1.807, 2.05) is 53.3 Å². The molecule has 0 bridgehead atoms. The number of aromatic nitrogens is 3. The second-order valence-electron chi connectivity index (χ2n) is 7.17. The summed E-state index contributed by atoms with van der Waals surface area (Å²) in [5.41, 5.74) is 0.831. The fourth-order valence-electron chi connectivity index (χ4n) is 3.36. The summed E-state index contributed by atoms with van der Waals surface area (Å²) >= 11 is 0. The lowest BCUT2D eigenvalue weighted by Gasteiger charge is -2.23. The van der Waals surface area contributed by atoms with Crippen LogP contribution in [-0.4, -0.2) is 51.9 Å². The van der Waals surface area contributed by atoms with Crippen molar-refractivity contribution in [3.05, 3.63) is 66.6 Å². The summed E-state index contributed by atoms with van der Waals surface area (Å²) in [7, 11) is 0. The number of nitrogens with zero attached hydrogens (tertiary/aromatic N) is 4. The predicted molar refractivity (Wildman–Crippen MR) is 114 cm³/mol. The minimum absolute atomic E-state index is 0.0667. The summed E-state index contributed by atoms with van der Waals surface area (Å²) in [4.78, 5) is 19.2. The van der Waals surface area contributed by atoms with Crippen molar-refractivity contribution in [2.45, 2.75) is 25.9 Å². The van der Waals surface area contributed by atoms with E-state index in [4.69, 9.17) is 14.2 Å². The lowest BCUT2D eigenvalue weighted by Crippen LogP contribution is -2.34. The monoisotopic (exact) mass is 422 g/mol. The minimum atomic E-state index is 0.0667. The number of fused-ring (bicyclic) bond motifs is 2. The Kier molecular flexibility index (Phi) is 7.12. The highest BCUT2D eigenvalue weighted by molar-refractivity contribution is 5.76. The first kappa shape index (κ1) is 20.9. The lowest BCUT2D eigenvalue weighted by molar-refractivity contribution is -0.132. The van der Waals surface area contributed by atoms with E-state index in [0.717, 1.165) is 12.0 Å². The molecule has 1 aliphatic rings. The normalized spacial score (nSPS) is 14.6. The number of aryl methyl sites for hydroxylation is 1. The SMILES string of the molecule is O=C(CCCn1cccn1)N1CCOCCOc2ccccc2Oc2ncccc2C1. The van der Waals surface area contributed by atoms with Crippen LogP contribution in [0.25, 0.3) is 0 Å². The minimum Gasteiger partial charge on any atom is -0.487 e. The molecule has 1 aromatic carbocycles. The smallest absolute Gasteiger partial charge is 0.224 e. The van der Waals surface area contributed by atoms with Crippen molar-refractivity contribution < 1.29 is 19.0 Å². The van der Waals surface area contributed by atoms with Crippen molar-refractivity contribution in [1.82, 2.24) is 19.7 Å². The number of pyridine rings is 1. The van der Waals surface area contributed by atoms with Crippen molar-refractivity contribution >= 4 is 5.91 Å². The van der Waals surface area contributed by atoms with Gasteiger partial charge in [0.2, 0.25) is 11.8 Å². The van der Waals surface area contributed by atoms with Crippen molar-refractivity contribution in [3.63, 3.8) is 0 Å². The maximum absolute atomic E-state index is 13.0. The van der Waals surface area contributed by atoms with Gasteiger partial charge in [-0.1, -0.05) is 18.2 Å². The first-order valence-corrected chi connectivity index (χ1v) is 10.5. The molecule has 3 heterocycles. The number of carbonyl (C=O) groups excluding carboxylic acids is 1. The number of hydrogen-bond acceptors (Lipinski definition) is 6. The number of ether oxygens (including phenoxy) is 3. The zero-order valence-electron chi connectivity index (χ0n) is 17.4. The molecule has 8 nitrogen and oxygen atoms in total. The average Bonchev–Trinajstić information content (AvgIpc) is 3.30. The van der Waals surface area contributed by atoms with E-state index in [0.29, 0.717) is 63.3 Å². The summed E-state index contributed by atoms with van der Waals surface area (Å²) in [5, 5.41) is 4.19. The summed E-state index contributed by atoms with van der Waals surface area (Å²) in [6, 6.07) is 13.1. The molecule has 2 aromatic heterocycles. The maximum Gasteiger partial charge on any atom is 0.224 e. The van der Waals surface area contributed by atoms with Gasteiger partial charge in [0.1, 0.15) is 6.61 Å². The standard InChI is InChI=1S/C23H26N4O4/c28-22(9-4-12-27-13-5-11-25-27)26-14-15-29-16-17-30-20-7-1-2-8-21(20)31-23-19(18-26)6-3-10-24-23/h1-3,5-8,10-11,13H,4,9,12,14-18H2. The second kappa shape index (κ2) is 10.6. The van der Waals surface area contributed by atoms with E-state index >= 15 is 0 Å². The zero-order valence-corrected chi connectivity index (χ0v) is 17.4. The largest absolute Gasteiger partial charge is 0.487 e. The molecule has 0 N–H and O–H groups in total. The molecule has 0 atom stereocenters. The Morgan fingerprint density at radius 3 is 2.77 bits per heavy atom. The van der Waals surface area contributed by atoms with Gasteiger partial charge in [-0.15, -0.1) is 0 Å². The molecule has 0 saturated heterocycles. The van der Waals surface area contributed by atoms with Crippen LogP contribution in [0.5, 0.6) is 17.4 Å². The highest BCUT2D eigenvalue weighted by Gasteiger charge is 2.18. The average molecular weight is 422 g/mol. The Hall–Kier alpha value is -3.39. The highest BCUT2D eigenvalue weighted by Crippen LogP contribution is 2.32. The molecular weight excluding hydrogens is 396 g/mol. The van der Waals surface area contributed by atoms with Crippen LogP contribution < -0.4 is 9.47 Å². The van der Waals surface area contributed by atoms with Gasteiger partial charge in [0.25, 0.3) is 0 Å². The van der Waals surface area contributed by atoms with Gasteiger partial charge in [0.05, 0.1) is 19.8 Å². The summed E-state index contributed by atoms with van der Waals surface area (Å²) in [6.07, 6.45) is 6.47. The Labute approximate surface area is 181 Å². The molecular formula is C23H26N4O4. The van der Waals surface area contributed by atoms with Gasteiger partial charge < -0.3 is 19.1 Å². The second-order valence-corrected chi connectivity index (χ2v) is 7.17. The Morgan fingerprint density at radius 2 is 1.90 bits per heavy atom. The molecule has 0 spiro atoms. The van der Waals surface area contributed by atoms with Crippen LogP contribution in [0.3, 0.4) is 0 Å². The van der Waals surface area contributed by atoms with Gasteiger partial charge in [-0.3, -0.25) is 9.48 Å². The van der Waals surface area contributed by atoms with E-state index in [1.165, 1.54) is 0 Å². The van der Waals surface area contributed by atoms with Gasteiger partial charge >= 0.3 is 0 Å². The molecule has 3 aromatic rings. The molecule has 31 heavy (non-hydrogen) atoms. The van der Waals surface area contributed by atoms with Crippen LogP contribution in [0, 0.1) is 0 Å². The number of hydrogen-bond donors (Lipinski definition) is 0. The van der Waals surface area contributed by atoms with Crippen molar-refractivity contribution in [2.24, 2.45) is 0 Å². The van der Waals surface area contributed by atoms with Crippen LogP contribution in [0.15, 0.2) is 61.1 Å². The van der Waals surface area contributed by atoms with Gasteiger partial charge in [-0.05, 0) is 30.7 Å². The number of carbonyl (C=O) groups is 1. The van der Waals surface area contributed by atoms with Gasteiger partial charge in [-0.25, -0.2) is 4.98 Å². The molecule has 1 amide bonds. The van der Waals surface area contributed by atoms with Crippen molar-refractivity contribution in [3.8, 4) is 17.4 Å². The van der Waals surface area contributed by atoms with E-state index in [1.54, 1.807) is 17.3 Å². The quantitative estimate of drug-likeness (QED) is 0.642. The van der Waals surface area contributed by atoms with Crippen LogP contribution >= 0.6 is 0 Å². The topological polar surface area (TPSA) is 78.7 Å². The summed E-state index contributed by atoms with van der Waals surface area (Å²) in [5.74, 6) is 1.75. The third-order valence-corrected chi connectivity index (χ3v) is 4.95. The first-order chi connectivity index (χ1) is 15.3. The maximum atomic E-state index is 13.0. The van der Waals surface area contributed by atoms with Gasteiger partial charge in [0.15, 0.2) is 11.5 Å². The van der Waals surface area contributed by atoms with Crippen LogP contribution in [-0.2, 0) is 22.6 Å². The third kappa shape index (κ3) is 5.82. The molecule has 4 rings (SSSR count). The fraction of sp³-hybridized carbons (Fsp3) is 0.348. The van der Waals surface area contributed by atoms with Crippen molar-refractivity contribution in [1.29, 1.82) is 0 Å². The highest BCUT2D eigenvalue weighted by atomic mass is 16.5. The third-order valence-electron chi connectivity index (χ3n) is 4.95. The molecule has 0 fully saturated rings. The Balaban J connectivity index is 1.50. The number of benzene rings is 1. The van der Waals surface area contributed by atoms with Gasteiger partial charge in [-0.2, -0.15) is 5.10 Å². The molecule has 0 unspecified atom stereocenters. The lowest BCUT2D eigenvalue weighted by atomic mass is 10.2. The van der Waals surface area contributed by atoms with E-state index in [-0.39, 0.29) is 5.91 Å². The molecule has 162 valence electrons. The summed E-state index contributed by atoms with van der Waals surface area (Å²) in [6.45, 7) is 2.86. The molecule has 0 aliphatic carbocycles. The van der Waals surface area contributed by atoms with E-state index in [9.17, 15) is 4.79 Å². The Bertz CT molecular complexity index is 977. The molecule has 8 heteroatoms. The van der Waals surface area contributed by atoms with Crippen LogP contribution in [0.4, 0.5) is 0 Å². The summed E-state index contributed by atoms with van der Waals surface area (Å²) < 4.78 is 19.4. The zero-order chi connectivity index (χ0) is 21.3. The van der Waals surface area contributed by atoms with E-state index in [2.05, 4.69) is 10.1 Å². The van der Waals surface area contributed by atoms with E-state index < -0.39 is 0 Å². The fourth-order valence-corrected chi connectivity index (χ4v) is 3.36.